The van der Waals surface area contributed by atoms with Gasteiger partial charge in [-0.1, -0.05) is 38.1 Å². The highest BCUT2D eigenvalue weighted by atomic mass is 32.2. The van der Waals surface area contributed by atoms with E-state index in [1.54, 1.807) is 24.3 Å². The SMILES string of the molecule is CC(C)CNC(=O)C1(c2ccc(NS(=O)(=O)c3ccccc3F)cc2)CC1. The summed E-state index contributed by atoms with van der Waals surface area (Å²) in [5, 5.41) is 2.97. The van der Waals surface area contributed by atoms with Crippen molar-refractivity contribution < 1.29 is 17.6 Å². The number of amides is 1. The number of sulfonamides is 1. The maximum absolute atomic E-state index is 13.8. The van der Waals surface area contributed by atoms with Gasteiger partial charge in [0.2, 0.25) is 5.91 Å². The van der Waals surface area contributed by atoms with Gasteiger partial charge in [0.15, 0.2) is 0 Å². The van der Waals surface area contributed by atoms with E-state index in [0.29, 0.717) is 18.2 Å². The summed E-state index contributed by atoms with van der Waals surface area (Å²) in [4.78, 5) is 12.1. The number of halogens is 1. The van der Waals surface area contributed by atoms with Crippen molar-refractivity contribution in [3.05, 3.63) is 59.9 Å². The van der Waals surface area contributed by atoms with E-state index in [0.717, 1.165) is 24.5 Å². The first-order valence-corrected chi connectivity index (χ1v) is 10.4. The van der Waals surface area contributed by atoms with E-state index >= 15 is 0 Å². The van der Waals surface area contributed by atoms with Gasteiger partial charge in [-0.3, -0.25) is 9.52 Å². The summed E-state index contributed by atoms with van der Waals surface area (Å²) in [7, 11) is -4.02. The number of hydrogen-bond donors (Lipinski definition) is 2. The van der Waals surface area contributed by atoms with Crippen molar-refractivity contribution in [2.75, 3.05) is 11.3 Å². The van der Waals surface area contributed by atoms with Crippen LogP contribution < -0.4 is 10.0 Å². The number of carbonyl (C=O) groups excluding carboxylic acids is 1. The Kier molecular flexibility index (Phi) is 5.24. The molecule has 1 saturated carbocycles. The third-order valence-electron chi connectivity index (χ3n) is 4.67. The Morgan fingerprint density at radius 2 is 1.74 bits per heavy atom. The zero-order valence-electron chi connectivity index (χ0n) is 15.3. The van der Waals surface area contributed by atoms with E-state index in [1.165, 1.54) is 18.2 Å². The molecule has 1 aliphatic rings. The van der Waals surface area contributed by atoms with Crippen LogP contribution in [-0.4, -0.2) is 20.9 Å². The number of anilines is 1. The maximum atomic E-state index is 13.8. The number of nitrogens with one attached hydrogen (secondary N) is 2. The van der Waals surface area contributed by atoms with Gasteiger partial charge in [-0.15, -0.1) is 0 Å². The van der Waals surface area contributed by atoms with Crippen LogP contribution in [0.3, 0.4) is 0 Å². The van der Waals surface area contributed by atoms with Crippen LogP contribution in [0.5, 0.6) is 0 Å². The molecule has 3 rings (SSSR count). The molecule has 1 amide bonds. The van der Waals surface area contributed by atoms with E-state index in [1.807, 2.05) is 13.8 Å². The van der Waals surface area contributed by atoms with Crippen molar-refractivity contribution >= 4 is 21.6 Å². The van der Waals surface area contributed by atoms with Crippen molar-refractivity contribution in [2.24, 2.45) is 5.92 Å². The number of rotatable bonds is 7. The van der Waals surface area contributed by atoms with Gasteiger partial charge in [-0.2, -0.15) is 0 Å². The quantitative estimate of drug-likeness (QED) is 0.761. The Labute approximate surface area is 159 Å². The molecule has 1 fully saturated rings. The molecule has 0 bridgehead atoms. The van der Waals surface area contributed by atoms with Crippen molar-refractivity contribution in [1.29, 1.82) is 0 Å². The van der Waals surface area contributed by atoms with Gasteiger partial charge in [-0.05, 0) is 48.6 Å². The van der Waals surface area contributed by atoms with E-state index < -0.39 is 26.2 Å². The second-order valence-corrected chi connectivity index (χ2v) is 8.95. The van der Waals surface area contributed by atoms with Crippen LogP contribution in [0.4, 0.5) is 10.1 Å². The minimum Gasteiger partial charge on any atom is -0.355 e. The van der Waals surface area contributed by atoms with E-state index in [4.69, 9.17) is 0 Å². The van der Waals surface area contributed by atoms with Gasteiger partial charge in [0, 0.05) is 12.2 Å². The predicted octanol–water partition coefficient (Wildman–Crippen LogP) is 3.43. The molecule has 1 aliphatic carbocycles. The Hall–Kier alpha value is -2.41. The molecule has 144 valence electrons. The predicted molar refractivity (Wildman–Crippen MR) is 102 cm³/mol. The standard InChI is InChI=1S/C20H23FN2O3S/c1-14(2)13-22-19(24)20(11-12-20)15-7-9-16(10-8-15)23-27(25,26)18-6-4-3-5-17(18)21/h3-10,14,23H,11-13H2,1-2H3,(H,22,24). The van der Waals surface area contributed by atoms with Gasteiger partial charge in [0.05, 0.1) is 5.41 Å². The van der Waals surface area contributed by atoms with Crippen LogP contribution in [0.2, 0.25) is 0 Å². The topological polar surface area (TPSA) is 75.3 Å². The lowest BCUT2D eigenvalue weighted by atomic mass is 9.94. The molecule has 0 heterocycles. The summed E-state index contributed by atoms with van der Waals surface area (Å²) in [5.74, 6) is -0.420. The number of benzene rings is 2. The Bertz CT molecular complexity index is 936. The van der Waals surface area contributed by atoms with Crippen molar-refractivity contribution in [1.82, 2.24) is 5.32 Å². The van der Waals surface area contributed by atoms with Crippen LogP contribution in [-0.2, 0) is 20.2 Å². The molecule has 0 aromatic heterocycles. The normalized spacial score (nSPS) is 15.4. The lowest BCUT2D eigenvalue weighted by molar-refractivity contribution is -0.123. The molecule has 0 spiro atoms. The first kappa shape index (κ1) is 19.4. The number of carbonyl (C=O) groups is 1. The monoisotopic (exact) mass is 390 g/mol. The molecule has 0 saturated heterocycles. The average Bonchev–Trinajstić information content (AvgIpc) is 3.42. The molecule has 5 nitrogen and oxygen atoms in total. The highest BCUT2D eigenvalue weighted by Gasteiger charge is 2.51. The van der Waals surface area contributed by atoms with E-state index in [2.05, 4.69) is 10.0 Å². The largest absolute Gasteiger partial charge is 0.355 e. The molecule has 0 aliphatic heterocycles. The summed E-state index contributed by atoms with van der Waals surface area (Å²) in [6.07, 6.45) is 1.55. The second kappa shape index (κ2) is 7.31. The molecular formula is C20H23FN2O3S. The van der Waals surface area contributed by atoms with Crippen molar-refractivity contribution in [3.63, 3.8) is 0 Å². The van der Waals surface area contributed by atoms with Crippen LogP contribution in [0.25, 0.3) is 0 Å². The fourth-order valence-corrected chi connectivity index (χ4v) is 4.11. The summed E-state index contributed by atoms with van der Waals surface area (Å²) < 4.78 is 40.9. The highest BCUT2D eigenvalue weighted by Crippen LogP contribution is 2.48. The first-order valence-electron chi connectivity index (χ1n) is 8.91. The minimum atomic E-state index is -4.02. The molecule has 0 radical (unpaired) electrons. The Balaban J connectivity index is 1.74. The van der Waals surface area contributed by atoms with E-state index in [9.17, 15) is 17.6 Å². The lowest BCUT2D eigenvalue weighted by Crippen LogP contribution is -2.36. The van der Waals surface area contributed by atoms with Crippen molar-refractivity contribution in [3.8, 4) is 0 Å². The van der Waals surface area contributed by atoms with Gasteiger partial charge in [0.25, 0.3) is 10.0 Å². The van der Waals surface area contributed by atoms with E-state index in [-0.39, 0.29) is 5.91 Å². The van der Waals surface area contributed by atoms with Gasteiger partial charge in [0.1, 0.15) is 10.7 Å². The molecule has 2 aromatic rings. The van der Waals surface area contributed by atoms with Gasteiger partial charge < -0.3 is 5.32 Å². The Morgan fingerprint density at radius 3 is 2.30 bits per heavy atom. The smallest absolute Gasteiger partial charge is 0.264 e. The fourth-order valence-electron chi connectivity index (χ4n) is 2.97. The molecule has 2 aromatic carbocycles. The van der Waals surface area contributed by atoms with Gasteiger partial charge in [-0.25, -0.2) is 12.8 Å². The molecular weight excluding hydrogens is 367 g/mol. The molecule has 7 heteroatoms. The summed E-state index contributed by atoms with van der Waals surface area (Å²) in [6.45, 7) is 4.70. The third kappa shape index (κ3) is 4.13. The third-order valence-corrected chi connectivity index (χ3v) is 6.09. The summed E-state index contributed by atoms with van der Waals surface area (Å²) in [6, 6.07) is 11.9. The average molecular weight is 390 g/mol. The van der Waals surface area contributed by atoms with Crippen LogP contribution in [0.1, 0.15) is 32.3 Å². The lowest BCUT2D eigenvalue weighted by Gasteiger charge is -2.17. The minimum absolute atomic E-state index is 0.0101. The fraction of sp³-hybridized carbons (Fsp3) is 0.350. The van der Waals surface area contributed by atoms with Crippen LogP contribution >= 0.6 is 0 Å². The van der Waals surface area contributed by atoms with Crippen LogP contribution in [0.15, 0.2) is 53.4 Å². The molecule has 27 heavy (non-hydrogen) atoms. The highest BCUT2D eigenvalue weighted by molar-refractivity contribution is 7.92. The van der Waals surface area contributed by atoms with Gasteiger partial charge >= 0.3 is 0 Å². The number of hydrogen-bond acceptors (Lipinski definition) is 3. The molecule has 2 N–H and O–H groups in total. The molecule has 0 atom stereocenters. The summed E-state index contributed by atoms with van der Waals surface area (Å²) in [5.41, 5.74) is 0.663. The second-order valence-electron chi connectivity index (χ2n) is 7.30. The molecule has 0 unspecified atom stereocenters. The maximum Gasteiger partial charge on any atom is 0.264 e. The summed E-state index contributed by atoms with van der Waals surface area (Å²) >= 11 is 0. The Morgan fingerprint density at radius 1 is 1.11 bits per heavy atom. The first-order chi connectivity index (χ1) is 12.7. The van der Waals surface area contributed by atoms with Crippen LogP contribution in [0, 0.1) is 11.7 Å². The van der Waals surface area contributed by atoms with Crippen molar-refractivity contribution in [2.45, 2.75) is 37.0 Å². The zero-order chi connectivity index (χ0) is 19.7. The zero-order valence-corrected chi connectivity index (χ0v) is 16.1.